The summed E-state index contributed by atoms with van der Waals surface area (Å²) in [5, 5.41) is 3.60. The first-order valence-corrected chi connectivity index (χ1v) is 7.89. The molecule has 2 aromatic carbocycles. The molecule has 23 heavy (non-hydrogen) atoms. The Morgan fingerprint density at radius 1 is 1.04 bits per heavy atom. The van der Waals surface area contributed by atoms with E-state index in [0.717, 1.165) is 10.6 Å². The molecule has 0 saturated carbocycles. The molecule has 1 aromatic heterocycles. The number of hydrogen-bond donors (Lipinski definition) is 1. The number of aromatic nitrogens is 1. The third kappa shape index (κ3) is 3.52. The molecule has 5 heteroatoms. The molecule has 3 rings (SSSR count). The Labute approximate surface area is 137 Å². The molecule has 0 fully saturated rings. The van der Waals surface area contributed by atoms with E-state index in [1.807, 2.05) is 30.3 Å². The maximum absolute atomic E-state index is 12.3. The van der Waals surface area contributed by atoms with Crippen molar-refractivity contribution in [2.75, 3.05) is 5.32 Å². The van der Waals surface area contributed by atoms with Crippen LogP contribution >= 0.6 is 11.3 Å². The molecule has 0 aliphatic rings. The molecule has 1 heterocycles. The summed E-state index contributed by atoms with van der Waals surface area (Å²) in [7, 11) is 0. The minimum Gasteiger partial charge on any atom is -0.321 e. The van der Waals surface area contributed by atoms with Gasteiger partial charge in [0.05, 0.1) is 6.20 Å². The van der Waals surface area contributed by atoms with Gasteiger partial charge in [0.2, 0.25) is 0 Å². The molecule has 1 N–H and O–H groups in total. The SMILES string of the molecule is CC(=O)c1cccc(NC(=O)c2cnc(-c3ccccc3)s2)c1. The summed E-state index contributed by atoms with van der Waals surface area (Å²) in [5.41, 5.74) is 2.14. The predicted octanol–water partition coefficient (Wildman–Crippen LogP) is 4.27. The number of hydrogen-bond acceptors (Lipinski definition) is 4. The van der Waals surface area contributed by atoms with Crippen molar-refractivity contribution in [2.24, 2.45) is 0 Å². The predicted molar refractivity (Wildman–Crippen MR) is 91.9 cm³/mol. The van der Waals surface area contributed by atoms with Gasteiger partial charge in [0.15, 0.2) is 5.78 Å². The molecular formula is C18H14N2O2S. The van der Waals surface area contributed by atoms with Gasteiger partial charge < -0.3 is 5.32 Å². The van der Waals surface area contributed by atoms with Crippen LogP contribution in [0.3, 0.4) is 0 Å². The zero-order chi connectivity index (χ0) is 16.2. The van der Waals surface area contributed by atoms with E-state index in [0.29, 0.717) is 16.1 Å². The van der Waals surface area contributed by atoms with Gasteiger partial charge in [-0.2, -0.15) is 0 Å². The number of carbonyl (C=O) groups is 2. The molecule has 0 radical (unpaired) electrons. The minimum absolute atomic E-state index is 0.0368. The van der Waals surface area contributed by atoms with E-state index < -0.39 is 0 Å². The lowest BCUT2D eigenvalue weighted by Gasteiger charge is -2.04. The van der Waals surface area contributed by atoms with Crippen LogP contribution in [0.1, 0.15) is 27.0 Å². The number of ketones is 1. The highest BCUT2D eigenvalue weighted by molar-refractivity contribution is 7.17. The largest absolute Gasteiger partial charge is 0.321 e. The maximum atomic E-state index is 12.3. The molecule has 0 saturated heterocycles. The van der Waals surface area contributed by atoms with Gasteiger partial charge in [0, 0.05) is 16.8 Å². The van der Waals surface area contributed by atoms with E-state index in [9.17, 15) is 9.59 Å². The van der Waals surface area contributed by atoms with E-state index in [1.54, 1.807) is 30.5 Å². The number of anilines is 1. The van der Waals surface area contributed by atoms with E-state index in [1.165, 1.54) is 18.3 Å². The van der Waals surface area contributed by atoms with E-state index in [-0.39, 0.29) is 11.7 Å². The van der Waals surface area contributed by atoms with Crippen LogP contribution in [0.15, 0.2) is 60.8 Å². The Hall–Kier alpha value is -2.79. The molecule has 114 valence electrons. The number of amides is 1. The van der Waals surface area contributed by atoms with Crippen molar-refractivity contribution in [1.82, 2.24) is 4.98 Å². The van der Waals surface area contributed by atoms with Crippen LogP contribution < -0.4 is 5.32 Å². The molecule has 0 aliphatic heterocycles. The third-order valence-corrected chi connectivity index (χ3v) is 4.32. The topological polar surface area (TPSA) is 59.1 Å². The van der Waals surface area contributed by atoms with Crippen molar-refractivity contribution in [3.63, 3.8) is 0 Å². The summed E-state index contributed by atoms with van der Waals surface area (Å²) >= 11 is 1.33. The van der Waals surface area contributed by atoms with Crippen LogP contribution in [-0.4, -0.2) is 16.7 Å². The molecule has 0 spiro atoms. The number of Topliss-reactive ketones (excluding diaryl/α,β-unsaturated/α-hetero) is 1. The summed E-state index contributed by atoms with van der Waals surface area (Å²) in [6.07, 6.45) is 1.57. The monoisotopic (exact) mass is 322 g/mol. The summed E-state index contributed by atoms with van der Waals surface area (Å²) in [6.45, 7) is 1.50. The zero-order valence-corrected chi connectivity index (χ0v) is 13.3. The molecule has 4 nitrogen and oxygen atoms in total. The number of benzene rings is 2. The lowest BCUT2D eigenvalue weighted by Crippen LogP contribution is -2.10. The van der Waals surface area contributed by atoms with Gasteiger partial charge in [0.25, 0.3) is 5.91 Å². The standard InChI is InChI=1S/C18H14N2O2S/c1-12(21)14-8-5-9-15(10-14)20-17(22)16-11-19-18(23-16)13-6-3-2-4-7-13/h2-11H,1H3,(H,20,22). The number of nitrogens with one attached hydrogen (secondary N) is 1. The molecule has 0 bridgehead atoms. The molecule has 1 amide bonds. The first kappa shape index (κ1) is 15.1. The number of carbonyl (C=O) groups excluding carboxylic acids is 2. The summed E-state index contributed by atoms with van der Waals surface area (Å²) in [5.74, 6) is -0.268. The first-order chi connectivity index (χ1) is 11.1. The van der Waals surface area contributed by atoms with Gasteiger partial charge in [-0.25, -0.2) is 4.98 Å². The van der Waals surface area contributed by atoms with Crippen LogP contribution in [-0.2, 0) is 0 Å². The fraction of sp³-hybridized carbons (Fsp3) is 0.0556. The minimum atomic E-state index is -0.231. The second-order valence-corrected chi connectivity index (χ2v) is 6.02. The highest BCUT2D eigenvalue weighted by atomic mass is 32.1. The first-order valence-electron chi connectivity index (χ1n) is 7.07. The Kier molecular flexibility index (Phi) is 4.30. The van der Waals surface area contributed by atoms with Gasteiger partial charge in [-0.05, 0) is 19.1 Å². The van der Waals surface area contributed by atoms with Crippen molar-refractivity contribution in [2.45, 2.75) is 6.92 Å². The average molecular weight is 322 g/mol. The van der Waals surface area contributed by atoms with Crippen LogP contribution in [0, 0.1) is 0 Å². The Bertz CT molecular complexity index is 856. The average Bonchev–Trinajstić information content (AvgIpc) is 3.06. The third-order valence-electron chi connectivity index (χ3n) is 3.28. The van der Waals surface area contributed by atoms with E-state index in [4.69, 9.17) is 0 Å². The lowest BCUT2D eigenvalue weighted by atomic mass is 10.1. The van der Waals surface area contributed by atoms with Crippen molar-refractivity contribution in [3.05, 3.63) is 71.2 Å². The van der Waals surface area contributed by atoms with Gasteiger partial charge in [-0.15, -0.1) is 11.3 Å². The Morgan fingerprint density at radius 2 is 1.83 bits per heavy atom. The van der Waals surface area contributed by atoms with Gasteiger partial charge in [-0.1, -0.05) is 42.5 Å². The zero-order valence-electron chi connectivity index (χ0n) is 12.4. The second kappa shape index (κ2) is 6.54. The molecular weight excluding hydrogens is 308 g/mol. The molecule has 0 unspecified atom stereocenters. The van der Waals surface area contributed by atoms with Gasteiger partial charge in [-0.3, -0.25) is 9.59 Å². The van der Waals surface area contributed by atoms with E-state index in [2.05, 4.69) is 10.3 Å². The van der Waals surface area contributed by atoms with Gasteiger partial charge in [0.1, 0.15) is 9.88 Å². The van der Waals surface area contributed by atoms with E-state index >= 15 is 0 Å². The molecule has 0 aliphatic carbocycles. The van der Waals surface area contributed by atoms with Crippen molar-refractivity contribution in [3.8, 4) is 10.6 Å². The fourth-order valence-corrected chi connectivity index (χ4v) is 2.92. The Morgan fingerprint density at radius 3 is 2.57 bits per heavy atom. The second-order valence-electron chi connectivity index (χ2n) is 4.99. The smallest absolute Gasteiger partial charge is 0.267 e. The number of thiazole rings is 1. The van der Waals surface area contributed by atoms with Crippen LogP contribution in [0.4, 0.5) is 5.69 Å². The van der Waals surface area contributed by atoms with Crippen molar-refractivity contribution < 1.29 is 9.59 Å². The van der Waals surface area contributed by atoms with Crippen molar-refractivity contribution in [1.29, 1.82) is 0 Å². The van der Waals surface area contributed by atoms with Crippen LogP contribution in [0.25, 0.3) is 10.6 Å². The highest BCUT2D eigenvalue weighted by Crippen LogP contribution is 2.25. The quantitative estimate of drug-likeness (QED) is 0.730. The van der Waals surface area contributed by atoms with Crippen LogP contribution in [0.5, 0.6) is 0 Å². The number of nitrogens with zero attached hydrogens (tertiary/aromatic N) is 1. The normalized spacial score (nSPS) is 10.3. The molecule has 3 aromatic rings. The van der Waals surface area contributed by atoms with Gasteiger partial charge >= 0.3 is 0 Å². The summed E-state index contributed by atoms with van der Waals surface area (Å²) < 4.78 is 0. The summed E-state index contributed by atoms with van der Waals surface area (Å²) in [4.78, 5) is 28.5. The lowest BCUT2D eigenvalue weighted by molar-refractivity contribution is 0.101. The highest BCUT2D eigenvalue weighted by Gasteiger charge is 2.12. The fourth-order valence-electron chi connectivity index (χ4n) is 2.10. The number of rotatable bonds is 4. The Balaban J connectivity index is 1.78. The summed E-state index contributed by atoms with van der Waals surface area (Å²) in [6, 6.07) is 16.6. The maximum Gasteiger partial charge on any atom is 0.267 e. The van der Waals surface area contributed by atoms with Crippen molar-refractivity contribution >= 4 is 28.7 Å². The molecule has 0 atom stereocenters. The van der Waals surface area contributed by atoms with Crippen LogP contribution in [0.2, 0.25) is 0 Å².